The van der Waals surface area contributed by atoms with E-state index in [1.165, 1.54) is 10.4 Å². The average molecular weight is 372 g/mol. The number of amides is 1. The Balaban J connectivity index is 1.78. The van der Waals surface area contributed by atoms with Gasteiger partial charge in [-0.05, 0) is 55.3 Å². The van der Waals surface area contributed by atoms with Gasteiger partial charge in [-0.25, -0.2) is 4.98 Å². The van der Waals surface area contributed by atoms with Gasteiger partial charge in [-0.2, -0.15) is 0 Å². The molecule has 0 aliphatic heterocycles. The SMILES string of the molecule is CCc1cccc(NC(=O)c2cc(-c3ccc(C)s3)nc3ccccc23)c1. The summed E-state index contributed by atoms with van der Waals surface area (Å²) < 4.78 is 0. The fourth-order valence-electron chi connectivity index (χ4n) is 3.13. The van der Waals surface area contributed by atoms with Crippen molar-refractivity contribution < 1.29 is 4.79 Å². The zero-order chi connectivity index (χ0) is 18.8. The lowest BCUT2D eigenvalue weighted by molar-refractivity contribution is 0.102. The summed E-state index contributed by atoms with van der Waals surface area (Å²) in [6.45, 7) is 4.18. The van der Waals surface area contributed by atoms with E-state index in [0.717, 1.165) is 33.6 Å². The number of benzene rings is 2. The number of thiophene rings is 1. The normalized spacial score (nSPS) is 10.9. The van der Waals surface area contributed by atoms with Gasteiger partial charge in [-0.3, -0.25) is 4.79 Å². The molecule has 4 rings (SSSR count). The van der Waals surface area contributed by atoms with Crippen molar-refractivity contribution in [2.75, 3.05) is 5.32 Å². The third-order valence-corrected chi connectivity index (χ3v) is 5.57. The molecule has 1 N–H and O–H groups in total. The predicted molar refractivity (Wildman–Crippen MR) is 114 cm³/mol. The van der Waals surface area contributed by atoms with Crippen LogP contribution in [-0.2, 0) is 6.42 Å². The molecule has 0 fully saturated rings. The van der Waals surface area contributed by atoms with Gasteiger partial charge in [-0.15, -0.1) is 11.3 Å². The summed E-state index contributed by atoms with van der Waals surface area (Å²) in [5.74, 6) is -0.114. The number of rotatable bonds is 4. The van der Waals surface area contributed by atoms with Crippen LogP contribution < -0.4 is 5.32 Å². The standard InChI is InChI=1S/C23H20N2OS/c1-3-16-7-6-8-17(13-16)24-23(26)19-14-21(22-12-11-15(2)27-22)25-20-10-5-4-9-18(19)20/h4-14H,3H2,1-2H3,(H,24,26). The fraction of sp³-hybridized carbons (Fsp3) is 0.130. The topological polar surface area (TPSA) is 42.0 Å². The average Bonchev–Trinajstić information content (AvgIpc) is 3.13. The highest BCUT2D eigenvalue weighted by Gasteiger charge is 2.15. The largest absolute Gasteiger partial charge is 0.322 e. The molecule has 2 aromatic heterocycles. The van der Waals surface area contributed by atoms with Gasteiger partial charge < -0.3 is 5.32 Å². The highest BCUT2D eigenvalue weighted by molar-refractivity contribution is 7.15. The Hall–Kier alpha value is -2.98. The van der Waals surface area contributed by atoms with Crippen molar-refractivity contribution in [2.24, 2.45) is 0 Å². The number of carbonyl (C=O) groups excluding carboxylic acids is 1. The van der Waals surface area contributed by atoms with E-state index in [-0.39, 0.29) is 5.91 Å². The minimum Gasteiger partial charge on any atom is -0.322 e. The second-order valence-electron chi connectivity index (χ2n) is 6.49. The van der Waals surface area contributed by atoms with Crippen LogP contribution in [-0.4, -0.2) is 10.9 Å². The monoisotopic (exact) mass is 372 g/mol. The molecule has 0 atom stereocenters. The number of fused-ring (bicyclic) bond motifs is 1. The van der Waals surface area contributed by atoms with E-state index in [1.807, 2.05) is 48.5 Å². The van der Waals surface area contributed by atoms with Gasteiger partial charge >= 0.3 is 0 Å². The number of hydrogen-bond donors (Lipinski definition) is 1. The van der Waals surface area contributed by atoms with Crippen LogP contribution in [0.25, 0.3) is 21.5 Å². The van der Waals surface area contributed by atoms with Crippen molar-refractivity contribution in [2.45, 2.75) is 20.3 Å². The maximum atomic E-state index is 13.1. The zero-order valence-electron chi connectivity index (χ0n) is 15.3. The van der Waals surface area contributed by atoms with Crippen LogP contribution in [0.3, 0.4) is 0 Å². The predicted octanol–water partition coefficient (Wildman–Crippen LogP) is 6.09. The summed E-state index contributed by atoms with van der Waals surface area (Å²) >= 11 is 1.68. The maximum Gasteiger partial charge on any atom is 0.256 e. The number of anilines is 1. The molecule has 4 aromatic rings. The maximum absolute atomic E-state index is 13.1. The molecule has 3 nitrogen and oxygen atoms in total. The Bertz CT molecular complexity index is 1130. The van der Waals surface area contributed by atoms with Gasteiger partial charge in [-0.1, -0.05) is 37.3 Å². The Morgan fingerprint density at radius 3 is 2.67 bits per heavy atom. The first-order valence-corrected chi connectivity index (χ1v) is 9.82. The van der Waals surface area contributed by atoms with Crippen molar-refractivity contribution >= 4 is 33.8 Å². The molecule has 0 saturated carbocycles. The molecule has 1 amide bonds. The summed E-state index contributed by atoms with van der Waals surface area (Å²) in [5, 5.41) is 3.91. The zero-order valence-corrected chi connectivity index (χ0v) is 16.1. The molecule has 134 valence electrons. The first kappa shape index (κ1) is 17.4. The number of carbonyl (C=O) groups is 1. The highest BCUT2D eigenvalue weighted by atomic mass is 32.1. The molecule has 0 spiro atoms. The van der Waals surface area contributed by atoms with E-state index in [0.29, 0.717) is 5.56 Å². The number of aryl methyl sites for hydroxylation is 2. The van der Waals surface area contributed by atoms with Crippen molar-refractivity contribution in [3.63, 3.8) is 0 Å². The van der Waals surface area contributed by atoms with Crippen LogP contribution in [0.4, 0.5) is 5.69 Å². The summed E-state index contributed by atoms with van der Waals surface area (Å²) in [6.07, 6.45) is 0.934. The van der Waals surface area contributed by atoms with E-state index in [2.05, 4.69) is 37.4 Å². The van der Waals surface area contributed by atoms with Gasteiger partial charge in [0.25, 0.3) is 5.91 Å². The van der Waals surface area contributed by atoms with Crippen molar-refractivity contribution in [1.82, 2.24) is 4.98 Å². The van der Waals surface area contributed by atoms with Crippen LogP contribution in [0.2, 0.25) is 0 Å². The van der Waals surface area contributed by atoms with E-state index >= 15 is 0 Å². The lowest BCUT2D eigenvalue weighted by atomic mass is 10.1. The van der Waals surface area contributed by atoms with Crippen LogP contribution in [0.15, 0.2) is 66.7 Å². The number of aromatic nitrogens is 1. The van der Waals surface area contributed by atoms with Crippen LogP contribution >= 0.6 is 11.3 Å². The van der Waals surface area contributed by atoms with Crippen LogP contribution in [0.1, 0.15) is 27.7 Å². The van der Waals surface area contributed by atoms with Crippen molar-refractivity contribution in [3.05, 3.63) is 82.7 Å². The summed E-state index contributed by atoms with van der Waals surface area (Å²) in [6, 6.07) is 21.8. The minimum atomic E-state index is -0.114. The van der Waals surface area contributed by atoms with Gasteiger partial charge in [0.1, 0.15) is 0 Å². The molecule has 0 radical (unpaired) electrons. The van der Waals surface area contributed by atoms with Gasteiger partial charge in [0.05, 0.1) is 21.7 Å². The fourth-order valence-corrected chi connectivity index (χ4v) is 3.96. The molecule has 4 heteroatoms. The van der Waals surface area contributed by atoms with Crippen LogP contribution in [0, 0.1) is 6.92 Å². The van der Waals surface area contributed by atoms with E-state index in [4.69, 9.17) is 4.98 Å². The molecular formula is C23H20N2OS. The van der Waals surface area contributed by atoms with Gasteiger partial charge in [0.15, 0.2) is 0 Å². The number of para-hydroxylation sites is 1. The van der Waals surface area contributed by atoms with Gasteiger partial charge in [0, 0.05) is 16.0 Å². The molecule has 0 aliphatic carbocycles. The van der Waals surface area contributed by atoms with Crippen LogP contribution in [0.5, 0.6) is 0 Å². The first-order valence-electron chi connectivity index (χ1n) is 9.01. The lowest BCUT2D eigenvalue weighted by Gasteiger charge is -2.11. The number of nitrogens with zero attached hydrogens (tertiary/aromatic N) is 1. The lowest BCUT2D eigenvalue weighted by Crippen LogP contribution is -2.13. The Morgan fingerprint density at radius 1 is 1.04 bits per heavy atom. The molecule has 2 aromatic carbocycles. The molecule has 0 saturated heterocycles. The minimum absolute atomic E-state index is 0.114. The second-order valence-corrected chi connectivity index (χ2v) is 7.78. The summed E-state index contributed by atoms with van der Waals surface area (Å²) in [4.78, 5) is 20.1. The molecule has 0 bridgehead atoms. The molecule has 0 unspecified atom stereocenters. The summed E-state index contributed by atoms with van der Waals surface area (Å²) in [5.41, 5.74) is 4.31. The molecule has 2 heterocycles. The Kier molecular flexibility index (Phi) is 4.73. The highest BCUT2D eigenvalue weighted by Crippen LogP contribution is 2.30. The first-order chi connectivity index (χ1) is 13.1. The summed E-state index contributed by atoms with van der Waals surface area (Å²) in [7, 11) is 0. The van der Waals surface area contributed by atoms with Gasteiger partial charge in [0.2, 0.25) is 0 Å². The number of hydrogen-bond acceptors (Lipinski definition) is 3. The number of nitrogens with one attached hydrogen (secondary N) is 1. The second kappa shape index (κ2) is 7.33. The third-order valence-electron chi connectivity index (χ3n) is 4.55. The molecule has 27 heavy (non-hydrogen) atoms. The Labute approximate surface area is 162 Å². The Morgan fingerprint density at radius 2 is 1.89 bits per heavy atom. The van der Waals surface area contributed by atoms with Crippen molar-refractivity contribution in [1.29, 1.82) is 0 Å². The molecular weight excluding hydrogens is 352 g/mol. The third kappa shape index (κ3) is 3.62. The van der Waals surface area contributed by atoms with E-state index < -0.39 is 0 Å². The quantitative estimate of drug-likeness (QED) is 0.471. The van der Waals surface area contributed by atoms with E-state index in [1.54, 1.807) is 11.3 Å². The van der Waals surface area contributed by atoms with Crippen molar-refractivity contribution in [3.8, 4) is 10.6 Å². The molecule has 0 aliphatic rings. The van der Waals surface area contributed by atoms with E-state index in [9.17, 15) is 4.79 Å². The number of pyridine rings is 1. The smallest absolute Gasteiger partial charge is 0.256 e.